The van der Waals surface area contributed by atoms with Gasteiger partial charge >= 0.3 is 0 Å². The second-order valence-electron chi connectivity index (χ2n) is 9.19. The van der Waals surface area contributed by atoms with Crippen molar-refractivity contribution in [3.8, 4) is 5.82 Å². The number of nitrogens with one attached hydrogen (secondary N) is 2. The summed E-state index contributed by atoms with van der Waals surface area (Å²) in [5.41, 5.74) is 2.40. The maximum absolute atomic E-state index is 14.6. The lowest BCUT2D eigenvalue weighted by Gasteiger charge is -2.16. The average molecular weight is 446 g/mol. The molecule has 0 unspecified atom stereocenters. The SMILES string of the molecule is CC(C)(F)c1cccc(-n2c3nc(Nc4ccc5c(c4)CNC5)ncc3c(=O)n2C2CC2)n1. The lowest BCUT2D eigenvalue weighted by Crippen LogP contribution is -2.22. The van der Waals surface area contributed by atoms with Gasteiger partial charge in [-0.15, -0.1) is 0 Å². The average Bonchev–Trinajstić information content (AvgIpc) is 3.45. The van der Waals surface area contributed by atoms with Crippen molar-refractivity contribution in [1.82, 2.24) is 29.6 Å². The minimum absolute atomic E-state index is 0.0798. The van der Waals surface area contributed by atoms with Gasteiger partial charge in [-0.1, -0.05) is 12.1 Å². The first-order valence-electron chi connectivity index (χ1n) is 11.1. The molecule has 2 aliphatic rings. The minimum Gasteiger partial charge on any atom is -0.324 e. The molecule has 0 radical (unpaired) electrons. The summed E-state index contributed by atoms with van der Waals surface area (Å²) in [6, 6.07) is 11.4. The molecule has 1 fully saturated rings. The zero-order valence-electron chi connectivity index (χ0n) is 18.5. The van der Waals surface area contributed by atoms with Gasteiger partial charge in [0.05, 0.1) is 11.7 Å². The van der Waals surface area contributed by atoms with E-state index in [1.54, 1.807) is 33.8 Å². The maximum atomic E-state index is 14.6. The fraction of sp³-hybridized carbons (Fsp3) is 0.333. The molecule has 33 heavy (non-hydrogen) atoms. The maximum Gasteiger partial charge on any atom is 0.278 e. The zero-order valence-corrected chi connectivity index (χ0v) is 18.5. The van der Waals surface area contributed by atoms with E-state index in [2.05, 4.69) is 32.7 Å². The van der Waals surface area contributed by atoms with E-state index in [1.807, 2.05) is 6.07 Å². The molecule has 1 aliphatic heterocycles. The Labute approximate surface area is 189 Å². The van der Waals surface area contributed by atoms with Crippen molar-refractivity contribution < 1.29 is 4.39 Å². The predicted molar refractivity (Wildman–Crippen MR) is 124 cm³/mol. The molecule has 1 aliphatic carbocycles. The second kappa shape index (κ2) is 7.21. The zero-order chi connectivity index (χ0) is 22.7. The Morgan fingerprint density at radius 1 is 1.12 bits per heavy atom. The van der Waals surface area contributed by atoms with Gasteiger partial charge < -0.3 is 10.6 Å². The molecule has 1 saturated carbocycles. The first-order chi connectivity index (χ1) is 15.9. The number of hydrogen-bond donors (Lipinski definition) is 2. The third kappa shape index (κ3) is 3.48. The van der Waals surface area contributed by atoms with Crippen LogP contribution in [0.2, 0.25) is 0 Å². The fourth-order valence-electron chi connectivity index (χ4n) is 4.30. The summed E-state index contributed by atoms with van der Waals surface area (Å²) < 4.78 is 18.0. The van der Waals surface area contributed by atoms with E-state index in [0.717, 1.165) is 31.6 Å². The van der Waals surface area contributed by atoms with Crippen molar-refractivity contribution in [2.24, 2.45) is 0 Å². The van der Waals surface area contributed by atoms with Crippen LogP contribution in [0.25, 0.3) is 16.9 Å². The quantitative estimate of drug-likeness (QED) is 0.485. The van der Waals surface area contributed by atoms with Crippen molar-refractivity contribution in [2.75, 3.05) is 5.32 Å². The highest BCUT2D eigenvalue weighted by Gasteiger charge is 2.31. The third-order valence-corrected chi connectivity index (χ3v) is 6.17. The van der Waals surface area contributed by atoms with Crippen molar-refractivity contribution in [1.29, 1.82) is 0 Å². The van der Waals surface area contributed by atoms with E-state index >= 15 is 0 Å². The van der Waals surface area contributed by atoms with Gasteiger partial charge in [-0.05, 0) is 62.1 Å². The summed E-state index contributed by atoms with van der Waals surface area (Å²) in [4.78, 5) is 26.8. The van der Waals surface area contributed by atoms with E-state index in [1.165, 1.54) is 25.0 Å². The first kappa shape index (κ1) is 20.0. The Morgan fingerprint density at radius 3 is 2.73 bits per heavy atom. The van der Waals surface area contributed by atoms with Crippen LogP contribution in [0.4, 0.5) is 16.0 Å². The lowest BCUT2D eigenvalue weighted by atomic mass is 10.1. The Morgan fingerprint density at radius 2 is 1.94 bits per heavy atom. The van der Waals surface area contributed by atoms with Gasteiger partial charge in [-0.3, -0.25) is 4.79 Å². The number of pyridine rings is 1. The first-order valence-corrected chi connectivity index (χ1v) is 11.1. The molecule has 0 amide bonds. The number of nitrogens with zero attached hydrogens (tertiary/aromatic N) is 5. The summed E-state index contributed by atoms with van der Waals surface area (Å²) in [5.74, 6) is 0.850. The van der Waals surface area contributed by atoms with Crippen molar-refractivity contribution in [3.05, 3.63) is 69.8 Å². The van der Waals surface area contributed by atoms with Crippen molar-refractivity contribution >= 4 is 22.7 Å². The van der Waals surface area contributed by atoms with E-state index in [4.69, 9.17) is 4.98 Å². The molecule has 168 valence electrons. The third-order valence-electron chi connectivity index (χ3n) is 6.17. The Kier molecular flexibility index (Phi) is 4.38. The summed E-state index contributed by atoms with van der Waals surface area (Å²) in [6.07, 6.45) is 3.37. The van der Waals surface area contributed by atoms with Crippen LogP contribution < -0.4 is 16.2 Å². The van der Waals surface area contributed by atoms with Gasteiger partial charge in [0.25, 0.3) is 5.56 Å². The van der Waals surface area contributed by atoms with Crippen molar-refractivity contribution in [3.63, 3.8) is 0 Å². The van der Waals surface area contributed by atoms with E-state index in [9.17, 15) is 9.18 Å². The lowest BCUT2D eigenvalue weighted by molar-refractivity contribution is 0.214. The van der Waals surface area contributed by atoms with Crippen LogP contribution in [-0.2, 0) is 18.8 Å². The van der Waals surface area contributed by atoms with Crippen LogP contribution in [0, 0.1) is 0 Å². The van der Waals surface area contributed by atoms with Crippen LogP contribution in [0.1, 0.15) is 49.6 Å². The molecular weight excluding hydrogens is 421 g/mol. The number of benzene rings is 1. The van der Waals surface area contributed by atoms with Crippen LogP contribution in [-0.4, -0.2) is 24.3 Å². The molecule has 9 heteroatoms. The number of hydrogen-bond acceptors (Lipinski definition) is 6. The normalized spacial score (nSPS) is 15.7. The number of alkyl halides is 1. The van der Waals surface area contributed by atoms with Crippen LogP contribution >= 0.6 is 0 Å². The number of halogens is 1. The molecule has 4 heterocycles. The molecule has 4 aromatic rings. The second-order valence-corrected chi connectivity index (χ2v) is 9.19. The van der Waals surface area contributed by atoms with Gasteiger partial charge in [0, 0.05) is 25.0 Å². The molecule has 3 aromatic heterocycles. The molecular formula is C24H24FN7O. The van der Waals surface area contributed by atoms with E-state index in [0.29, 0.717) is 28.5 Å². The molecule has 2 N–H and O–H groups in total. The Balaban J connectivity index is 1.48. The molecule has 6 rings (SSSR count). The fourth-order valence-corrected chi connectivity index (χ4v) is 4.30. The van der Waals surface area contributed by atoms with Crippen LogP contribution in [0.3, 0.4) is 0 Å². The smallest absolute Gasteiger partial charge is 0.278 e. The summed E-state index contributed by atoms with van der Waals surface area (Å²) in [7, 11) is 0. The van der Waals surface area contributed by atoms with Crippen LogP contribution in [0.15, 0.2) is 47.4 Å². The van der Waals surface area contributed by atoms with Crippen LogP contribution in [0.5, 0.6) is 0 Å². The molecule has 8 nitrogen and oxygen atoms in total. The summed E-state index contributed by atoms with van der Waals surface area (Å²) in [6.45, 7) is 4.65. The summed E-state index contributed by atoms with van der Waals surface area (Å²) in [5, 5.41) is 7.01. The standard InChI is InChI=1S/C24H24FN7O/c1-24(2,25)19-4-3-5-20(29-19)32-21-18(22(33)31(32)17-8-9-17)13-27-23(30-21)28-16-7-6-14-11-26-12-15(14)10-16/h3-7,10,13,17,26H,8-9,11-12H2,1-2H3,(H,27,28,30). The van der Waals surface area contributed by atoms with Gasteiger partial charge in [0.1, 0.15) is 11.1 Å². The molecule has 0 spiro atoms. The van der Waals surface area contributed by atoms with Gasteiger partial charge in [0.2, 0.25) is 5.95 Å². The number of fused-ring (bicyclic) bond motifs is 2. The Bertz CT molecular complexity index is 1450. The highest BCUT2D eigenvalue weighted by molar-refractivity contribution is 5.77. The van der Waals surface area contributed by atoms with E-state index in [-0.39, 0.29) is 11.6 Å². The molecule has 0 saturated heterocycles. The molecule has 0 bridgehead atoms. The predicted octanol–water partition coefficient (Wildman–Crippen LogP) is 3.86. The highest BCUT2D eigenvalue weighted by atomic mass is 19.1. The highest BCUT2D eigenvalue weighted by Crippen LogP contribution is 2.36. The van der Waals surface area contributed by atoms with E-state index < -0.39 is 5.67 Å². The topological polar surface area (TPSA) is 89.7 Å². The molecule has 0 atom stereocenters. The van der Waals surface area contributed by atoms with Gasteiger partial charge in [-0.2, -0.15) is 4.98 Å². The number of aromatic nitrogens is 5. The number of anilines is 2. The monoisotopic (exact) mass is 445 g/mol. The summed E-state index contributed by atoms with van der Waals surface area (Å²) >= 11 is 0. The van der Waals surface area contributed by atoms with Gasteiger partial charge in [-0.25, -0.2) is 23.7 Å². The largest absolute Gasteiger partial charge is 0.324 e. The Hall–Kier alpha value is -3.59. The molecule has 1 aromatic carbocycles. The minimum atomic E-state index is -1.60. The number of rotatable bonds is 5. The van der Waals surface area contributed by atoms with Gasteiger partial charge in [0.15, 0.2) is 11.5 Å². The van der Waals surface area contributed by atoms with Crippen molar-refractivity contribution in [2.45, 2.75) is 51.5 Å².